The molecular formula is C10H9BrN4O2S. The third kappa shape index (κ3) is 3.02. The van der Waals surface area contributed by atoms with E-state index in [1.807, 2.05) is 6.92 Å². The number of aryl methyl sites for hydroxylation is 1. The number of thiazole rings is 1. The first-order valence-electron chi connectivity index (χ1n) is 5.01. The zero-order valence-electron chi connectivity index (χ0n) is 9.38. The Labute approximate surface area is 115 Å². The van der Waals surface area contributed by atoms with Crippen LogP contribution in [0, 0.1) is 17.0 Å². The highest BCUT2D eigenvalue weighted by molar-refractivity contribution is 9.10. The third-order valence-corrected chi connectivity index (χ3v) is 3.48. The van der Waals surface area contributed by atoms with Crippen LogP contribution in [-0.4, -0.2) is 14.9 Å². The van der Waals surface area contributed by atoms with E-state index in [0.29, 0.717) is 11.0 Å². The fourth-order valence-corrected chi connectivity index (χ4v) is 2.42. The van der Waals surface area contributed by atoms with Gasteiger partial charge in [0.2, 0.25) is 5.82 Å². The van der Waals surface area contributed by atoms with Crippen molar-refractivity contribution in [3.05, 3.63) is 42.9 Å². The molecule has 94 valence electrons. The third-order valence-electron chi connectivity index (χ3n) is 2.13. The molecule has 0 saturated heterocycles. The van der Waals surface area contributed by atoms with Crippen LogP contribution in [0.15, 0.2) is 22.9 Å². The number of nitrogens with zero attached hydrogens (tertiary/aromatic N) is 3. The van der Waals surface area contributed by atoms with E-state index in [9.17, 15) is 10.1 Å². The largest absolute Gasteiger partial charge is 0.359 e. The summed E-state index contributed by atoms with van der Waals surface area (Å²) in [6.07, 6.45) is 3.27. The average Bonchev–Trinajstić information content (AvgIpc) is 2.73. The van der Waals surface area contributed by atoms with E-state index >= 15 is 0 Å². The minimum atomic E-state index is -0.460. The SMILES string of the molecule is Cc1ncc(CNc2ncc(Br)cc2[N+](=O)[O-])s1. The zero-order valence-corrected chi connectivity index (χ0v) is 11.8. The average molecular weight is 329 g/mol. The number of pyridine rings is 1. The van der Waals surface area contributed by atoms with E-state index in [2.05, 4.69) is 31.2 Å². The molecule has 0 aliphatic heterocycles. The van der Waals surface area contributed by atoms with E-state index in [1.165, 1.54) is 12.3 Å². The molecule has 2 aromatic heterocycles. The minimum Gasteiger partial charge on any atom is -0.359 e. The van der Waals surface area contributed by atoms with Crippen LogP contribution < -0.4 is 5.32 Å². The molecule has 0 saturated carbocycles. The summed E-state index contributed by atoms with van der Waals surface area (Å²) < 4.78 is 0.577. The molecule has 6 nitrogen and oxygen atoms in total. The van der Waals surface area contributed by atoms with Crippen molar-refractivity contribution < 1.29 is 4.92 Å². The number of anilines is 1. The highest BCUT2D eigenvalue weighted by Crippen LogP contribution is 2.26. The quantitative estimate of drug-likeness (QED) is 0.688. The molecule has 0 radical (unpaired) electrons. The molecule has 0 unspecified atom stereocenters. The number of hydrogen-bond donors (Lipinski definition) is 1. The fraction of sp³-hybridized carbons (Fsp3) is 0.200. The van der Waals surface area contributed by atoms with Gasteiger partial charge in [0.05, 0.1) is 16.5 Å². The lowest BCUT2D eigenvalue weighted by Gasteiger charge is -2.04. The summed E-state index contributed by atoms with van der Waals surface area (Å²) in [5.41, 5.74) is -0.0504. The molecule has 0 atom stereocenters. The molecule has 0 aromatic carbocycles. The maximum absolute atomic E-state index is 10.9. The van der Waals surface area contributed by atoms with Gasteiger partial charge < -0.3 is 5.32 Å². The second-order valence-electron chi connectivity index (χ2n) is 3.48. The zero-order chi connectivity index (χ0) is 13.1. The number of nitrogens with one attached hydrogen (secondary N) is 1. The lowest BCUT2D eigenvalue weighted by molar-refractivity contribution is -0.384. The van der Waals surface area contributed by atoms with Crippen molar-refractivity contribution in [3.8, 4) is 0 Å². The number of halogens is 1. The van der Waals surface area contributed by atoms with Gasteiger partial charge in [0.25, 0.3) is 0 Å². The highest BCUT2D eigenvalue weighted by atomic mass is 79.9. The maximum atomic E-state index is 10.9. The minimum absolute atomic E-state index is 0.0504. The van der Waals surface area contributed by atoms with Gasteiger partial charge in [-0.05, 0) is 22.9 Å². The number of nitro groups is 1. The van der Waals surface area contributed by atoms with Crippen molar-refractivity contribution in [2.45, 2.75) is 13.5 Å². The summed E-state index contributed by atoms with van der Waals surface area (Å²) in [6.45, 7) is 2.38. The fourth-order valence-electron chi connectivity index (χ4n) is 1.36. The lowest BCUT2D eigenvalue weighted by atomic mass is 10.4. The topological polar surface area (TPSA) is 81.0 Å². The summed E-state index contributed by atoms with van der Waals surface area (Å²) in [6, 6.07) is 1.42. The molecule has 1 N–H and O–H groups in total. The first-order chi connectivity index (χ1) is 8.56. The molecule has 2 rings (SSSR count). The van der Waals surface area contributed by atoms with Crippen molar-refractivity contribution in [2.75, 3.05) is 5.32 Å². The van der Waals surface area contributed by atoms with E-state index < -0.39 is 4.92 Å². The van der Waals surface area contributed by atoms with Gasteiger partial charge in [-0.1, -0.05) is 0 Å². The van der Waals surface area contributed by atoms with Crippen LogP contribution >= 0.6 is 27.3 Å². The number of aromatic nitrogens is 2. The van der Waals surface area contributed by atoms with Gasteiger partial charge in [0, 0.05) is 27.8 Å². The molecule has 0 bridgehead atoms. The Hall–Kier alpha value is -1.54. The van der Waals surface area contributed by atoms with Crippen molar-refractivity contribution in [1.29, 1.82) is 0 Å². The Morgan fingerprint density at radius 1 is 1.50 bits per heavy atom. The molecule has 0 fully saturated rings. The van der Waals surface area contributed by atoms with Crippen LogP contribution in [-0.2, 0) is 6.54 Å². The Morgan fingerprint density at radius 2 is 2.28 bits per heavy atom. The van der Waals surface area contributed by atoms with E-state index in [4.69, 9.17) is 0 Å². The summed E-state index contributed by atoms with van der Waals surface area (Å²) in [7, 11) is 0. The van der Waals surface area contributed by atoms with Gasteiger partial charge in [-0.25, -0.2) is 9.97 Å². The van der Waals surface area contributed by atoms with Gasteiger partial charge >= 0.3 is 5.69 Å². The molecule has 0 amide bonds. The molecule has 0 aliphatic carbocycles. The van der Waals surface area contributed by atoms with Crippen LogP contribution in [0.5, 0.6) is 0 Å². The first-order valence-corrected chi connectivity index (χ1v) is 6.62. The Balaban J connectivity index is 2.16. The Morgan fingerprint density at radius 3 is 2.89 bits per heavy atom. The van der Waals surface area contributed by atoms with Gasteiger partial charge in [-0.3, -0.25) is 10.1 Å². The van der Waals surface area contributed by atoms with Crippen molar-refractivity contribution >= 4 is 38.8 Å². The number of rotatable bonds is 4. The van der Waals surface area contributed by atoms with Crippen LogP contribution in [0.2, 0.25) is 0 Å². The smallest absolute Gasteiger partial charge is 0.312 e. The normalized spacial score (nSPS) is 10.3. The predicted molar refractivity (Wildman–Crippen MR) is 72.8 cm³/mol. The van der Waals surface area contributed by atoms with Gasteiger partial charge in [-0.15, -0.1) is 11.3 Å². The molecule has 0 aliphatic rings. The summed E-state index contributed by atoms with van der Waals surface area (Å²) in [5, 5.41) is 14.8. The molecule has 0 spiro atoms. The Kier molecular flexibility index (Phi) is 3.87. The van der Waals surface area contributed by atoms with Crippen molar-refractivity contribution in [2.24, 2.45) is 0 Å². The summed E-state index contributed by atoms with van der Waals surface area (Å²) in [4.78, 5) is 19.6. The van der Waals surface area contributed by atoms with Crippen molar-refractivity contribution in [1.82, 2.24) is 9.97 Å². The molecule has 2 aromatic rings. The second-order valence-corrected chi connectivity index (χ2v) is 5.71. The van der Waals surface area contributed by atoms with E-state index in [1.54, 1.807) is 17.5 Å². The van der Waals surface area contributed by atoms with Crippen molar-refractivity contribution in [3.63, 3.8) is 0 Å². The van der Waals surface area contributed by atoms with Gasteiger partial charge in [0.15, 0.2) is 0 Å². The first kappa shape index (κ1) is 12.9. The molecular weight excluding hydrogens is 320 g/mol. The van der Waals surface area contributed by atoms with Crippen LogP contribution in [0.3, 0.4) is 0 Å². The standard InChI is InChI=1S/C10H9BrN4O2S/c1-6-12-4-8(18-6)5-14-10-9(15(16)17)2-7(11)3-13-10/h2-4H,5H2,1H3,(H,13,14). The molecule has 8 heteroatoms. The van der Waals surface area contributed by atoms with Crippen LogP contribution in [0.4, 0.5) is 11.5 Å². The second kappa shape index (κ2) is 5.40. The van der Waals surface area contributed by atoms with Crippen LogP contribution in [0.1, 0.15) is 9.88 Å². The highest BCUT2D eigenvalue weighted by Gasteiger charge is 2.15. The van der Waals surface area contributed by atoms with E-state index in [0.717, 1.165) is 9.88 Å². The van der Waals surface area contributed by atoms with Gasteiger partial charge in [-0.2, -0.15) is 0 Å². The summed E-state index contributed by atoms with van der Waals surface area (Å²) in [5.74, 6) is 0.259. The molecule has 2 heterocycles. The maximum Gasteiger partial charge on any atom is 0.312 e. The molecule has 18 heavy (non-hydrogen) atoms. The summed E-state index contributed by atoms with van der Waals surface area (Å²) >= 11 is 4.71. The lowest BCUT2D eigenvalue weighted by Crippen LogP contribution is -2.03. The monoisotopic (exact) mass is 328 g/mol. The van der Waals surface area contributed by atoms with Crippen LogP contribution in [0.25, 0.3) is 0 Å². The number of hydrogen-bond acceptors (Lipinski definition) is 6. The van der Waals surface area contributed by atoms with Gasteiger partial charge in [0.1, 0.15) is 0 Å². The van der Waals surface area contributed by atoms with E-state index in [-0.39, 0.29) is 11.5 Å². The Bertz CT molecular complexity index is 587. The predicted octanol–water partition coefficient (Wildman–Crippen LogP) is 3.13.